The Balaban J connectivity index is 1.58. The Hall–Kier alpha value is -4.98. The number of nitrogens with one attached hydrogen (secondary N) is 2. The Bertz CT molecular complexity index is 2080. The largest absolute Gasteiger partial charge is 0.416 e. The molecular formula is C29H20ClF5N6O3. The molecule has 5 aromatic rings. The average Bonchev–Trinajstić information content (AvgIpc) is 3.59. The molecule has 44 heavy (non-hydrogen) atoms. The molecule has 3 heterocycles. The van der Waals surface area contributed by atoms with Gasteiger partial charge in [-0.2, -0.15) is 18.3 Å². The second kappa shape index (κ2) is 10.3. The Morgan fingerprint density at radius 2 is 1.82 bits per heavy atom. The summed E-state index contributed by atoms with van der Waals surface area (Å²) in [5.74, 6) is -3.77. The number of anilines is 1. The molecule has 6 rings (SSSR count). The number of rotatable bonds is 5. The molecule has 0 saturated heterocycles. The van der Waals surface area contributed by atoms with Crippen molar-refractivity contribution in [2.24, 2.45) is 14.1 Å². The lowest BCUT2D eigenvalue weighted by molar-refractivity contribution is -0.137. The predicted octanol–water partition coefficient (Wildman–Crippen LogP) is 5.16. The van der Waals surface area contributed by atoms with Crippen molar-refractivity contribution in [3.63, 3.8) is 0 Å². The van der Waals surface area contributed by atoms with Gasteiger partial charge in [0.15, 0.2) is 0 Å². The minimum atomic E-state index is -4.93. The van der Waals surface area contributed by atoms with Crippen LogP contribution in [0.1, 0.15) is 49.0 Å². The van der Waals surface area contributed by atoms with Gasteiger partial charge in [0.05, 0.1) is 40.9 Å². The molecule has 1 aliphatic rings. The number of alkyl halides is 3. The zero-order valence-electron chi connectivity index (χ0n) is 22.8. The molecule has 2 aromatic heterocycles. The average molecular weight is 631 g/mol. The van der Waals surface area contributed by atoms with E-state index in [4.69, 9.17) is 11.6 Å². The molecule has 2 N–H and O–H groups in total. The van der Waals surface area contributed by atoms with E-state index >= 15 is 0 Å². The van der Waals surface area contributed by atoms with Gasteiger partial charge in [-0.25, -0.2) is 13.6 Å². The first-order valence-electron chi connectivity index (χ1n) is 12.9. The van der Waals surface area contributed by atoms with Gasteiger partial charge >= 0.3 is 11.9 Å². The number of carbonyl (C=O) groups excluding carboxylic acids is 2. The summed E-state index contributed by atoms with van der Waals surface area (Å²) in [6.45, 7) is 0.0236. The lowest BCUT2D eigenvalue weighted by Gasteiger charge is -2.19. The van der Waals surface area contributed by atoms with Crippen molar-refractivity contribution in [1.82, 2.24) is 24.2 Å². The molecule has 3 aromatic carbocycles. The number of imidazole rings is 1. The van der Waals surface area contributed by atoms with Gasteiger partial charge in [-0.05, 0) is 42.5 Å². The van der Waals surface area contributed by atoms with Crippen molar-refractivity contribution in [2.45, 2.75) is 18.8 Å². The highest BCUT2D eigenvalue weighted by Gasteiger charge is 2.38. The predicted molar refractivity (Wildman–Crippen MR) is 150 cm³/mol. The fourth-order valence-corrected chi connectivity index (χ4v) is 5.67. The normalized spacial score (nSPS) is 14.6. The quantitative estimate of drug-likeness (QED) is 0.262. The summed E-state index contributed by atoms with van der Waals surface area (Å²) >= 11 is 6.37. The molecule has 0 saturated carbocycles. The van der Waals surface area contributed by atoms with Crippen molar-refractivity contribution in [3.8, 4) is 0 Å². The third kappa shape index (κ3) is 4.90. The fraction of sp³-hybridized carbons (Fsp3) is 0.172. The molecule has 0 aliphatic carbocycles. The molecule has 9 nitrogen and oxygen atoms in total. The van der Waals surface area contributed by atoms with Crippen molar-refractivity contribution in [1.29, 1.82) is 0 Å². The molecule has 1 atom stereocenters. The van der Waals surface area contributed by atoms with Crippen LogP contribution in [0, 0.1) is 11.6 Å². The molecule has 0 bridgehead atoms. The van der Waals surface area contributed by atoms with E-state index in [-0.39, 0.29) is 51.0 Å². The summed E-state index contributed by atoms with van der Waals surface area (Å²) in [4.78, 5) is 40.3. The van der Waals surface area contributed by atoms with E-state index in [1.54, 1.807) is 13.2 Å². The maximum Gasteiger partial charge on any atom is 0.416 e. The number of carbonyl (C=O) groups is 2. The molecule has 2 amide bonds. The van der Waals surface area contributed by atoms with E-state index in [0.29, 0.717) is 17.7 Å². The second-order valence-electron chi connectivity index (χ2n) is 10.3. The van der Waals surface area contributed by atoms with Gasteiger partial charge < -0.3 is 10.6 Å². The van der Waals surface area contributed by atoms with Crippen LogP contribution in [-0.2, 0) is 26.8 Å². The standard InChI is InChI=1S/C29H20ClF5N6O3/c1-39-11-13(10-36-39)12-41-21-9-20(37-26(42)14-5-15(29(33,34)35)7-17(32)6-14)22-23(25(21)40(2)28(41)44)27(43)38-24(22)18-8-16(31)3-4-19(18)30/h3-11,24H,12H2,1-2H3,(H,37,42)(H,38,43). The minimum absolute atomic E-state index is 0.0236. The number of amides is 2. The smallest absolute Gasteiger partial charge is 0.341 e. The monoisotopic (exact) mass is 630 g/mol. The third-order valence-corrected chi connectivity index (χ3v) is 7.70. The summed E-state index contributed by atoms with van der Waals surface area (Å²) < 4.78 is 72.8. The van der Waals surface area contributed by atoms with E-state index in [2.05, 4.69) is 15.7 Å². The van der Waals surface area contributed by atoms with Crippen LogP contribution in [0.15, 0.2) is 59.7 Å². The first-order valence-corrected chi connectivity index (χ1v) is 13.3. The Labute approximate surface area is 249 Å². The maximum atomic E-state index is 14.3. The number of hydrogen-bond acceptors (Lipinski definition) is 4. The minimum Gasteiger partial charge on any atom is -0.341 e. The van der Waals surface area contributed by atoms with Crippen LogP contribution < -0.4 is 16.3 Å². The first kappa shape index (κ1) is 29.1. The van der Waals surface area contributed by atoms with Crippen LogP contribution in [-0.4, -0.2) is 30.7 Å². The molecule has 0 radical (unpaired) electrons. The molecule has 1 aliphatic heterocycles. The summed E-state index contributed by atoms with van der Waals surface area (Å²) in [6.07, 6.45) is -1.71. The number of benzene rings is 3. The van der Waals surface area contributed by atoms with Crippen LogP contribution in [0.4, 0.5) is 27.6 Å². The maximum absolute atomic E-state index is 14.3. The van der Waals surface area contributed by atoms with Gasteiger partial charge in [0.1, 0.15) is 11.6 Å². The zero-order valence-corrected chi connectivity index (χ0v) is 23.5. The first-order chi connectivity index (χ1) is 20.7. The number of fused-ring (bicyclic) bond motifs is 3. The fourth-order valence-electron chi connectivity index (χ4n) is 5.44. The van der Waals surface area contributed by atoms with Gasteiger partial charge in [0.25, 0.3) is 11.8 Å². The summed E-state index contributed by atoms with van der Waals surface area (Å²) in [7, 11) is 3.14. The highest BCUT2D eigenvalue weighted by Crippen LogP contribution is 2.43. The van der Waals surface area contributed by atoms with E-state index < -0.39 is 52.5 Å². The Morgan fingerprint density at radius 1 is 1.07 bits per heavy atom. The van der Waals surface area contributed by atoms with Gasteiger partial charge in [0, 0.05) is 53.3 Å². The van der Waals surface area contributed by atoms with Crippen LogP contribution in [0.3, 0.4) is 0 Å². The highest BCUT2D eigenvalue weighted by molar-refractivity contribution is 6.31. The molecule has 226 valence electrons. The number of hydrogen-bond donors (Lipinski definition) is 2. The second-order valence-corrected chi connectivity index (χ2v) is 10.7. The van der Waals surface area contributed by atoms with Crippen LogP contribution in [0.5, 0.6) is 0 Å². The lowest BCUT2D eigenvalue weighted by Crippen LogP contribution is -2.23. The lowest BCUT2D eigenvalue weighted by atomic mass is 9.95. The summed E-state index contributed by atoms with van der Waals surface area (Å²) in [6, 6.07) is 5.11. The Morgan fingerprint density at radius 3 is 2.50 bits per heavy atom. The van der Waals surface area contributed by atoms with Gasteiger partial charge in [-0.1, -0.05) is 11.6 Å². The molecule has 0 spiro atoms. The summed E-state index contributed by atoms with van der Waals surface area (Å²) in [5, 5.41) is 9.37. The summed E-state index contributed by atoms with van der Waals surface area (Å²) in [5.41, 5.74) is -1.44. The molecular weight excluding hydrogens is 611 g/mol. The van der Waals surface area contributed by atoms with Crippen molar-refractivity contribution in [2.75, 3.05) is 5.32 Å². The van der Waals surface area contributed by atoms with Crippen LogP contribution in [0.25, 0.3) is 11.0 Å². The van der Waals surface area contributed by atoms with Crippen LogP contribution in [0.2, 0.25) is 5.02 Å². The number of nitrogens with zero attached hydrogens (tertiary/aromatic N) is 4. The SMILES string of the molecule is Cn1cc(Cn2c(=O)n(C)c3c4c(c(NC(=O)c5cc(F)cc(C(F)(F)F)c5)cc32)C(c2cc(F)ccc2Cl)NC4=O)cn1. The zero-order chi connectivity index (χ0) is 31.7. The van der Waals surface area contributed by atoms with Crippen molar-refractivity contribution >= 4 is 40.1 Å². The Kier molecular flexibility index (Phi) is 6.83. The van der Waals surface area contributed by atoms with E-state index in [1.165, 1.54) is 39.2 Å². The van der Waals surface area contributed by atoms with Crippen molar-refractivity contribution < 1.29 is 31.5 Å². The van der Waals surface area contributed by atoms with Gasteiger partial charge in [0.2, 0.25) is 0 Å². The van der Waals surface area contributed by atoms with Gasteiger partial charge in [-0.15, -0.1) is 0 Å². The highest BCUT2D eigenvalue weighted by atomic mass is 35.5. The van der Waals surface area contributed by atoms with E-state index in [0.717, 1.165) is 12.1 Å². The third-order valence-electron chi connectivity index (χ3n) is 7.36. The number of halogens is 6. The van der Waals surface area contributed by atoms with Crippen molar-refractivity contribution in [3.05, 3.63) is 115 Å². The molecule has 15 heteroatoms. The number of aryl methyl sites for hydroxylation is 2. The van der Waals surface area contributed by atoms with Gasteiger partial charge in [-0.3, -0.25) is 23.4 Å². The van der Waals surface area contributed by atoms with E-state index in [9.17, 15) is 36.3 Å². The number of aromatic nitrogens is 4. The van der Waals surface area contributed by atoms with Crippen LogP contribution >= 0.6 is 11.6 Å². The molecule has 1 unspecified atom stereocenters. The molecule has 0 fully saturated rings. The topological polar surface area (TPSA) is 103 Å². The van der Waals surface area contributed by atoms with E-state index in [1.807, 2.05) is 0 Å².